The molecule has 3 nitrogen and oxygen atoms in total. The Morgan fingerprint density at radius 2 is 2.06 bits per heavy atom. The molecule has 2 saturated heterocycles. The predicted octanol–water partition coefficient (Wildman–Crippen LogP) is 1.45. The van der Waals surface area contributed by atoms with Crippen LogP contribution in [0.1, 0.15) is 18.4 Å². The van der Waals surface area contributed by atoms with Crippen molar-refractivity contribution in [3.8, 4) is 0 Å². The Labute approximate surface area is 108 Å². The molecule has 0 bridgehead atoms. The highest BCUT2D eigenvalue weighted by Crippen LogP contribution is 2.27. The fourth-order valence-electron chi connectivity index (χ4n) is 3.21. The van der Waals surface area contributed by atoms with Crippen LogP contribution in [0.15, 0.2) is 30.3 Å². The number of aliphatic hydroxyl groups is 1. The minimum Gasteiger partial charge on any atom is -0.391 e. The van der Waals surface area contributed by atoms with Crippen molar-refractivity contribution < 1.29 is 9.84 Å². The molecule has 3 atom stereocenters. The number of likely N-dealkylation sites (tertiary alicyclic amines) is 1. The van der Waals surface area contributed by atoms with Crippen LogP contribution in [0.5, 0.6) is 0 Å². The van der Waals surface area contributed by atoms with Gasteiger partial charge in [-0.25, -0.2) is 0 Å². The van der Waals surface area contributed by atoms with Gasteiger partial charge in [-0.3, -0.25) is 4.90 Å². The van der Waals surface area contributed by atoms with E-state index in [2.05, 4.69) is 29.2 Å². The Bertz CT molecular complexity index is 375. The molecule has 1 unspecified atom stereocenters. The van der Waals surface area contributed by atoms with E-state index < -0.39 is 0 Å². The summed E-state index contributed by atoms with van der Waals surface area (Å²) in [6, 6.07) is 11.2. The molecule has 1 aromatic carbocycles. The van der Waals surface area contributed by atoms with E-state index in [0.717, 1.165) is 39.0 Å². The molecule has 2 aliphatic rings. The van der Waals surface area contributed by atoms with Crippen LogP contribution in [0.25, 0.3) is 0 Å². The van der Waals surface area contributed by atoms with Gasteiger partial charge in [0.1, 0.15) is 0 Å². The van der Waals surface area contributed by atoms with Crippen molar-refractivity contribution in [2.45, 2.75) is 37.5 Å². The first-order valence-corrected chi connectivity index (χ1v) is 6.90. The average molecular weight is 247 g/mol. The van der Waals surface area contributed by atoms with Gasteiger partial charge in [0, 0.05) is 25.2 Å². The molecular weight excluding hydrogens is 226 g/mol. The third-order valence-electron chi connectivity index (χ3n) is 4.22. The molecule has 2 fully saturated rings. The van der Waals surface area contributed by atoms with Crippen LogP contribution in [0.3, 0.4) is 0 Å². The van der Waals surface area contributed by atoms with Crippen molar-refractivity contribution in [3.05, 3.63) is 35.9 Å². The molecule has 0 aromatic heterocycles. The van der Waals surface area contributed by atoms with Crippen LogP contribution >= 0.6 is 0 Å². The lowest BCUT2D eigenvalue weighted by Crippen LogP contribution is -2.44. The first-order chi connectivity index (χ1) is 8.84. The Kier molecular flexibility index (Phi) is 3.64. The Morgan fingerprint density at radius 3 is 2.78 bits per heavy atom. The summed E-state index contributed by atoms with van der Waals surface area (Å²) in [6.07, 6.45) is 2.76. The molecule has 3 rings (SSSR count). The largest absolute Gasteiger partial charge is 0.391 e. The van der Waals surface area contributed by atoms with Gasteiger partial charge >= 0.3 is 0 Å². The SMILES string of the molecule is O[C@@H]1CCN(C2CCOC2)[C@H]1Cc1ccccc1. The summed E-state index contributed by atoms with van der Waals surface area (Å²) in [7, 11) is 0. The molecule has 3 heteroatoms. The summed E-state index contributed by atoms with van der Waals surface area (Å²) in [5.41, 5.74) is 1.31. The highest BCUT2D eigenvalue weighted by Gasteiger charge is 2.38. The molecule has 18 heavy (non-hydrogen) atoms. The van der Waals surface area contributed by atoms with E-state index in [-0.39, 0.29) is 12.1 Å². The monoisotopic (exact) mass is 247 g/mol. The molecule has 0 spiro atoms. The number of benzene rings is 1. The van der Waals surface area contributed by atoms with E-state index in [9.17, 15) is 5.11 Å². The predicted molar refractivity (Wildman–Crippen MR) is 70.5 cm³/mol. The van der Waals surface area contributed by atoms with Crippen LogP contribution in [0.2, 0.25) is 0 Å². The van der Waals surface area contributed by atoms with Crippen molar-refractivity contribution in [2.75, 3.05) is 19.8 Å². The molecule has 98 valence electrons. The van der Waals surface area contributed by atoms with Gasteiger partial charge < -0.3 is 9.84 Å². The number of hydrogen-bond acceptors (Lipinski definition) is 3. The standard InChI is InChI=1S/C15H21NO2/c17-15-6-8-16(13-7-9-18-11-13)14(15)10-12-4-2-1-3-5-12/h1-5,13-15,17H,6-11H2/t13?,14-,15+/m0/s1. The molecule has 1 N–H and O–H groups in total. The highest BCUT2D eigenvalue weighted by molar-refractivity contribution is 5.17. The summed E-state index contributed by atoms with van der Waals surface area (Å²) in [5, 5.41) is 10.2. The average Bonchev–Trinajstić information content (AvgIpc) is 3.02. The quantitative estimate of drug-likeness (QED) is 0.877. The molecular formula is C15H21NO2. The zero-order chi connectivity index (χ0) is 12.4. The second-order valence-electron chi connectivity index (χ2n) is 5.37. The third-order valence-corrected chi connectivity index (χ3v) is 4.22. The normalized spacial score (nSPS) is 33.1. The summed E-state index contributed by atoms with van der Waals surface area (Å²) >= 11 is 0. The van der Waals surface area contributed by atoms with Crippen molar-refractivity contribution in [3.63, 3.8) is 0 Å². The van der Waals surface area contributed by atoms with E-state index >= 15 is 0 Å². The smallest absolute Gasteiger partial charge is 0.0710 e. The lowest BCUT2D eigenvalue weighted by atomic mass is 10.0. The fourth-order valence-corrected chi connectivity index (χ4v) is 3.21. The lowest BCUT2D eigenvalue weighted by Gasteiger charge is -2.30. The third kappa shape index (κ3) is 2.44. The fraction of sp³-hybridized carbons (Fsp3) is 0.600. The molecule has 0 radical (unpaired) electrons. The van der Waals surface area contributed by atoms with Gasteiger partial charge in [-0.1, -0.05) is 30.3 Å². The maximum absolute atomic E-state index is 10.2. The maximum Gasteiger partial charge on any atom is 0.0710 e. The molecule has 0 amide bonds. The first kappa shape index (κ1) is 12.2. The van der Waals surface area contributed by atoms with Gasteiger partial charge in [-0.05, 0) is 24.8 Å². The number of hydrogen-bond donors (Lipinski definition) is 1. The highest BCUT2D eigenvalue weighted by atomic mass is 16.5. The summed E-state index contributed by atoms with van der Waals surface area (Å²) in [6.45, 7) is 2.71. The molecule has 2 aliphatic heterocycles. The van der Waals surface area contributed by atoms with E-state index in [0.29, 0.717) is 6.04 Å². The number of aliphatic hydroxyl groups excluding tert-OH is 1. The maximum atomic E-state index is 10.2. The number of ether oxygens (including phenoxy) is 1. The van der Waals surface area contributed by atoms with Crippen LogP contribution in [-0.4, -0.2) is 48.0 Å². The van der Waals surface area contributed by atoms with Crippen LogP contribution in [0.4, 0.5) is 0 Å². The summed E-state index contributed by atoms with van der Waals surface area (Å²) < 4.78 is 5.48. The number of nitrogens with zero attached hydrogens (tertiary/aromatic N) is 1. The zero-order valence-electron chi connectivity index (χ0n) is 10.7. The van der Waals surface area contributed by atoms with E-state index in [1.54, 1.807) is 0 Å². The van der Waals surface area contributed by atoms with Gasteiger partial charge in [-0.2, -0.15) is 0 Å². The molecule has 0 aliphatic carbocycles. The minimum absolute atomic E-state index is 0.189. The van der Waals surface area contributed by atoms with Crippen LogP contribution in [-0.2, 0) is 11.2 Å². The Balaban J connectivity index is 1.71. The number of rotatable bonds is 3. The topological polar surface area (TPSA) is 32.7 Å². The van der Waals surface area contributed by atoms with Gasteiger partial charge in [0.2, 0.25) is 0 Å². The van der Waals surface area contributed by atoms with Gasteiger partial charge in [-0.15, -0.1) is 0 Å². The Morgan fingerprint density at radius 1 is 1.22 bits per heavy atom. The lowest BCUT2D eigenvalue weighted by molar-refractivity contribution is 0.0833. The van der Waals surface area contributed by atoms with Crippen molar-refractivity contribution >= 4 is 0 Å². The molecule has 0 saturated carbocycles. The van der Waals surface area contributed by atoms with E-state index in [1.807, 2.05) is 6.07 Å². The zero-order valence-corrected chi connectivity index (χ0v) is 10.7. The van der Waals surface area contributed by atoms with Gasteiger partial charge in [0.05, 0.1) is 12.7 Å². The second kappa shape index (κ2) is 5.39. The van der Waals surface area contributed by atoms with Crippen LogP contribution in [0, 0.1) is 0 Å². The van der Waals surface area contributed by atoms with Crippen molar-refractivity contribution in [1.82, 2.24) is 4.90 Å². The molecule has 2 heterocycles. The Hall–Kier alpha value is -0.900. The first-order valence-electron chi connectivity index (χ1n) is 6.90. The minimum atomic E-state index is -0.189. The van der Waals surface area contributed by atoms with Crippen LogP contribution < -0.4 is 0 Å². The van der Waals surface area contributed by atoms with E-state index in [1.165, 1.54) is 5.56 Å². The van der Waals surface area contributed by atoms with Gasteiger partial charge in [0.25, 0.3) is 0 Å². The van der Waals surface area contributed by atoms with Crippen molar-refractivity contribution in [1.29, 1.82) is 0 Å². The molecule has 1 aromatic rings. The van der Waals surface area contributed by atoms with Gasteiger partial charge in [0.15, 0.2) is 0 Å². The summed E-state index contributed by atoms with van der Waals surface area (Å²) in [4.78, 5) is 2.46. The van der Waals surface area contributed by atoms with E-state index in [4.69, 9.17) is 4.74 Å². The summed E-state index contributed by atoms with van der Waals surface area (Å²) in [5.74, 6) is 0. The second-order valence-corrected chi connectivity index (χ2v) is 5.37. The van der Waals surface area contributed by atoms with Crippen molar-refractivity contribution in [2.24, 2.45) is 0 Å².